The van der Waals surface area contributed by atoms with Crippen molar-refractivity contribution in [1.29, 1.82) is 0 Å². The van der Waals surface area contributed by atoms with Crippen molar-refractivity contribution in [3.63, 3.8) is 0 Å². The van der Waals surface area contributed by atoms with Gasteiger partial charge in [-0.1, -0.05) is 15.9 Å². The van der Waals surface area contributed by atoms with Crippen LogP contribution in [0.2, 0.25) is 0 Å². The summed E-state index contributed by atoms with van der Waals surface area (Å²) in [7, 11) is 1.74. The van der Waals surface area contributed by atoms with Gasteiger partial charge >= 0.3 is 5.97 Å². The Bertz CT molecular complexity index is 491. The molecule has 0 aliphatic carbocycles. The predicted octanol–water partition coefficient (Wildman–Crippen LogP) is 3.11. The summed E-state index contributed by atoms with van der Waals surface area (Å²) in [4.78, 5) is 25.2. The Morgan fingerprint density at radius 2 is 2.05 bits per heavy atom. The molecule has 0 unspecified atom stereocenters. The fourth-order valence-corrected chi connectivity index (χ4v) is 2.84. The molecule has 0 aliphatic heterocycles. The highest BCUT2D eigenvalue weighted by atomic mass is 79.9. The van der Waals surface area contributed by atoms with Gasteiger partial charge in [0.1, 0.15) is 0 Å². The first-order valence-corrected chi connectivity index (χ1v) is 7.52. The summed E-state index contributed by atoms with van der Waals surface area (Å²) in [6.45, 7) is 3.87. The molecule has 1 N–H and O–H groups in total. The van der Waals surface area contributed by atoms with E-state index in [9.17, 15) is 9.59 Å². The molecule has 0 saturated carbocycles. The fourth-order valence-electron chi connectivity index (χ4n) is 1.32. The molecule has 1 aromatic carbocycles. The fraction of sp³-hybridized carbons (Fsp3) is 0.385. The highest BCUT2D eigenvalue weighted by molar-refractivity contribution is 9.10. The van der Waals surface area contributed by atoms with Crippen LogP contribution in [0.3, 0.4) is 0 Å². The van der Waals surface area contributed by atoms with Crippen LogP contribution in [-0.4, -0.2) is 40.7 Å². The number of hydrogen-bond acceptors (Lipinski definition) is 3. The lowest BCUT2D eigenvalue weighted by Crippen LogP contribution is -2.34. The Morgan fingerprint density at radius 3 is 2.58 bits per heavy atom. The van der Waals surface area contributed by atoms with Gasteiger partial charge in [0.2, 0.25) is 5.91 Å². The number of hydrogen-bond donors (Lipinski definition) is 1. The second-order valence-electron chi connectivity index (χ2n) is 4.33. The van der Waals surface area contributed by atoms with Crippen LogP contribution in [0.25, 0.3) is 0 Å². The van der Waals surface area contributed by atoms with Gasteiger partial charge in [-0.25, -0.2) is 4.79 Å². The number of halogens is 1. The number of nitrogens with zero attached hydrogens (tertiary/aromatic N) is 1. The van der Waals surface area contributed by atoms with Crippen molar-refractivity contribution >= 4 is 39.6 Å². The van der Waals surface area contributed by atoms with E-state index < -0.39 is 5.97 Å². The van der Waals surface area contributed by atoms with Crippen LogP contribution < -0.4 is 0 Å². The van der Waals surface area contributed by atoms with Crippen molar-refractivity contribution in [3.05, 3.63) is 28.2 Å². The van der Waals surface area contributed by atoms with Crippen LogP contribution in [-0.2, 0) is 4.79 Å². The highest BCUT2D eigenvalue weighted by Gasteiger charge is 2.15. The number of carbonyl (C=O) groups excluding carboxylic acids is 1. The molecule has 1 aromatic rings. The number of rotatable bonds is 5. The molecular formula is C13H16BrNO3S. The molecule has 0 aromatic heterocycles. The number of benzene rings is 1. The number of carbonyl (C=O) groups is 2. The molecule has 0 aliphatic rings. The second kappa shape index (κ2) is 6.96. The van der Waals surface area contributed by atoms with Crippen LogP contribution in [0.1, 0.15) is 24.2 Å². The molecular weight excluding hydrogens is 330 g/mol. The van der Waals surface area contributed by atoms with Crippen molar-refractivity contribution < 1.29 is 14.7 Å². The lowest BCUT2D eigenvalue weighted by atomic mass is 10.2. The zero-order chi connectivity index (χ0) is 14.6. The lowest BCUT2D eigenvalue weighted by molar-refractivity contribution is -0.128. The number of thioether (sulfide) groups is 1. The Balaban J connectivity index is 2.80. The molecule has 0 bridgehead atoms. The van der Waals surface area contributed by atoms with Gasteiger partial charge in [0, 0.05) is 22.5 Å². The summed E-state index contributed by atoms with van der Waals surface area (Å²) in [5, 5.41) is 9.10. The number of aromatic carboxylic acids is 1. The van der Waals surface area contributed by atoms with Crippen LogP contribution in [0, 0.1) is 0 Å². The van der Waals surface area contributed by atoms with Crippen molar-refractivity contribution in [3.8, 4) is 0 Å². The van der Waals surface area contributed by atoms with Gasteiger partial charge in [-0.15, -0.1) is 11.8 Å². The van der Waals surface area contributed by atoms with Gasteiger partial charge in [0.05, 0.1) is 11.3 Å². The first-order chi connectivity index (χ1) is 8.82. The number of amides is 1. The van der Waals surface area contributed by atoms with Crippen LogP contribution in [0.5, 0.6) is 0 Å². The van der Waals surface area contributed by atoms with E-state index in [1.165, 1.54) is 17.8 Å². The average Bonchev–Trinajstić information content (AvgIpc) is 2.34. The van der Waals surface area contributed by atoms with E-state index in [0.29, 0.717) is 4.90 Å². The summed E-state index contributed by atoms with van der Waals surface area (Å²) in [6.07, 6.45) is 0. The molecule has 0 heterocycles. The molecule has 0 atom stereocenters. The molecule has 104 valence electrons. The molecule has 6 heteroatoms. The SMILES string of the molecule is CC(C)N(C)C(=O)CSc1cc(Br)ccc1C(=O)O. The Labute approximate surface area is 125 Å². The molecule has 0 saturated heterocycles. The third-order valence-electron chi connectivity index (χ3n) is 2.69. The van der Waals surface area contributed by atoms with E-state index in [1.807, 2.05) is 13.8 Å². The standard InChI is InChI=1S/C13H16BrNO3S/c1-8(2)15(3)12(16)7-19-11-6-9(14)4-5-10(11)13(17)18/h4-6,8H,7H2,1-3H3,(H,17,18). The smallest absolute Gasteiger partial charge is 0.336 e. The van der Waals surface area contributed by atoms with Gasteiger partial charge in [0.25, 0.3) is 0 Å². The second-order valence-corrected chi connectivity index (χ2v) is 6.27. The first-order valence-electron chi connectivity index (χ1n) is 5.74. The largest absolute Gasteiger partial charge is 0.478 e. The minimum Gasteiger partial charge on any atom is -0.478 e. The van der Waals surface area contributed by atoms with Crippen molar-refractivity contribution in [2.45, 2.75) is 24.8 Å². The third kappa shape index (κ3) is 4.54. The summed E-state index contributed by atoms with van der Waals surface area (Å²) >= 11 is 4.54. The van der Waals surface area contributed by atoms with E-state index >= 15 is 0 Å². The average molecular weight is 346 g/mol. The topological polar surface area (TPSA) is 57.6 Å². The van der Waals surface area contributed by atoms with Gasteiger partial charge in [0.15, 0.2) is 0 Å². The summed E-state index contributed by atoms with van der Waals surface area (Å²) < 4.78 is 0.796. The quantitative estimate of drug-likeness (QED) is 0.833. The van der Waals surface area contributed by atoms with Crippen molar-refractivity contribution in [1.82, 2.24) is 4.90 Å². The Kier molecular flexibility index (Phi) is 5.87. The van der Waals surface area contributed by atoms with E-state index in [1.54, 1.807) is 24.1 Å². The Hall–Kier alpha value is -1.01. The zero-order valence-electron chi connectivity index (χ0n) is 11.0. The maximum absolute atomic E-state index is 11.9. The minimum atomic E-state index is -0.986. The number of carboxylic acids is 1. The normalized spacial score (nSPS) is 10.6. The molecule has 1 rings (SSSR count). The highest BCUT2D eigenvalue weighted by Crippen LogP contribution is 2.27. The van der Waals surface area contributed by atoms with E-state index in [0.717, 1.165) is 4.47 Å². The maximum atomic E-state index is 11.9. The summed E-state index contributed by atoms with van der Waals surface area (Å²) in [6, 6.07) is 5.06. The molecule has 0 radical (unpaired) electrons. The van der Waals surface area contributed by atoms with Gasteiger partial charge in [-0.3, -0.25) is 4.79 Å². The molecule has 0 fully saturated rings. The minimum absolute atomic E-state index is 0.0173. The molecule has 0 spiro atoms. The molecule has 1 amide bonds. The van der Waals surface area contributed by atoms with Gasteiger partial charge in [-0.05, 0) is 32.0 Å². The first kappa shape index (κ1) is 16.0. The van der Waals surface area contributed by atoms with Gasteiger partial charge in [-0.2, -0.15) is 0 Å². The summed E-state index contributed by atoms with van der Waals surface area (Å²) in [5.74, 6) is -0.776. The van der Waals surface area contributed by atoms with E-state index in [-0.39, 0.29) is 23.3 Å². The number of carboxylic acid groups (broad SMARTS) is 1. The predicted molar refractivity (Wildman–Crippen MR) is 79.7 cm³/mol. The van der Waals surface area contributed by atoms with Crippen LogP contribution in [0.4, 0.5) is 0 Å². The maximum Gasteiger partial charge on any atom is 0.336 e. The molecule has 4 nitrogen and oxygen atoms in total. The monoisotopic (exact) mass is 345 g/mol. The Morgan fingerprint density at radius 1 is 1.42 bits per heavy atom. The van der Waals surface area contributed by atoms with Crippen LogP contribution in [0.15, 0.2) is 27.6 Å². The van der Waals surface area contributed by atoms with E-state index in [4.69, 9.17) is 5.11 Å². The lowest BCUT2D eigenvalue weighted by Gasteiger charge is -2.21. The summed E-state index contributed by atoms with van der Waals surface area (Å²) in [5.41, 5.74) is 0.216. The van der Waals surface area contributed by atoms with Crippen molar-refractivity contribution in [2.24, 2.45) is 0 Å². The van der Waals surface area contributed by atoms with Gasteiger partial charge < -0.3 is 10.0 Å². The molecule has 19 heavy (non-hydrogen) atoms. The van der Waals surface area contributed by atoms with Crippen molar-refractivity contribution in [2.75, 3.05) is 12.8 Å². The zero-order valence-corrected chi connectivity index (χ0v) is 13.4. The van der Waals surface area contributed by atoms with Crippen LogP contribution >= 0.6 is 27.7 Å². The third-order valence-corrected chi connectivity index (χ3v) is 4.23. The van der Waals surface area contributed by atoms with E-state index in [2.05, 4.69) is 15.9 Å².